The summed E-state index contributed by atoms with van der Waals surface area (Å²) in [6.07, 6.45) is 6.90. The summed E-state index contributed by atoms with van der Waals surface area (Å²) in [5.41, 5.74) is 2.58. The molecule has 1 fully saturated rings. The van der Waals surface area contributed by atoms with E-state index in [-0.39, 0.29) is 11.9 Å². The van der Waals surface area contributed by atoms with Crippen LogP contribution in [0, 0.1) is 0 Å². The average Bonchev–Trinajstić information content (AvgIpc) is 3.05. The van der Waals surface area contributed by atoms with E-state index < -0.39 is 5.60 Å². The maximum absolute atomic E-state index is 13.3. The first-order chi connectivity index (χ1) is 17.2. The lowest BCUT2D eigenvalue weighted by molar-refractivity contribution is -0.932. The van der Waals surface area contributed by atoms with Crippen molar-refractivity contribution in [2.24, 2.45) is 0 Å². The third-order valence-electron chi connectivity index (χ3n) is 6.89. The van der Waals surface area contributed by atoms with Gasteiger partial charge in [-0.25, -0.2) is 4.79 Å². The van der Waals surface area contributed by atoms with E-state index in [0.717, 1.165) is 48.2 Å². The highest BCUT2D eigenvalue weighted by molar-refractivity contribution is 5.88. The lowest BCUT2D eigenvalue weighted by Gasteiger charge is -2.37. The van der Waals surface area contributed by atoms with E-state index in [1.165, 1.54) is 31.2 Å². The van der Waals surface area contributed by atoms with Crippen LogP contribution in [-0.2, 0) is 22.5 Å². The molecule has 0 unspecified atom stereocenters. The fourth-order valence-electron chi connectivity index (χ4n) is 5.11. The molecule has 1 amide bonds. The second-order valence-electron chi connectivity index (χ2n) is 11.4. The molecule has 0 aliphatic carbocycles. The van der Waals surface area contributed by atoms with Crippen molar-refractivity contribution in [3.63, 3.8) is 0 Å². The zero-order valence-electron chi connectivity index (χ0n) is 22.8. The second kappa shape index (κ2) is 13.0. The highest BCUT2D eigenvalue weighted by atomic mass is 16.6. The number of ether oxygens (including phenoxy) is 1. The zero-order valence-corrected chi connectivity index (χ0v) is 22.8. The zero-order chi connectivity index (χ0) is 26.0. The highest BCUT2D eigenvalue weighted by Crippen LogP contribution is 2.24. The van der Waals surface area contributed by atoms with Crippen molar-refractivity contribution in [1.29, 1.82) is 0 Å². The maximum atomic E-state index is 13.3. The Kier molecular flexibility index (Phi) is 10.1. The summed E-state index contributed by atoms with van der Waals surface area (Å²) in [7, 11) is 0. The van der Waals surface area contributed by atoms with Gasteiger partial charge in [0.05, 0.1) is 13.1 Å². The minimum atomic E-state index is -0.542. The van der Waals surface area contributed by atoms with E-state index >= 15 is 0 Å². The molecule has 0 aromatic heterocycles. The maximum Gasteiger partial charge on any atom is 0.414 e. The molecular formula is C31H45N2O3+. The topological polar surface area (TPSA) is 46.6 Å². The number of nitrogens with zero attached hydrogens (tertiary/aromatic N) is 2. The van der Waals surface area contributed by atoms with Crippen LogP contribution in [0.15, 0.2) is 54.6 Å². The number of Topliss-reactive ketones (excluding diaryl/α,β-unsaturated/α-hetero) is 1. The molecule has 1 heterocycles. The summed E-state index contributed by atoms with van der Waals surface area (Å²) in [4.78, 5) is 27.8. The number of likely N-dealkylation sites (tertiary alicyclic amines) is 1. The number of anilines is 1. The quantitative estimate of drug-likeness (QED) is 0.337. The Hall–Kier alpha value is -2.66. The van der Waals surface area contributed by atoms with Crippen molar-refractivity contribution < 1.29 is 18.8 Å². The number of unbranched alkanes of at least 4 members (excludes halogenated alkanes) is 1. The predicted molar refractivity (Wildman–Crippen MR) is 147 cm³/mol. The predicted octanol–water partition coefficient (Wildman–Crippen LogP) is 6.93. The summed E-state index contributed by atoms with van der Waals surface area (Å²) in [6.45, 7) is 12.0. The third kappa shape index (κ3) is 8.77. The van der Waals surface area contributed by atoms with E-state index in [0.29, 0.717) is 19.5 Å². The molecule has 0 spiro atoms. The van der Waals surface area contributed by atoms with Crippen LogP contribution >= 0.6 is 0 Å². The average molecular weight is 494 g/mol. The molecule has 3 rings (SSSR count). The molecule has 5 nitrogen and oxygen atoms in total. The van der Waals surface area contributed by atoms with E-state index in [2.05, 4.69) is 37.3 Å². The number of benzene rings is 2. The van der Waals surface area contributed by atoms with Gasteiger partial charge in [-0.2, -0.15) is 0 Å². The fourth-order valence-corrected chi connectivity index (χ4v) is 5.11. The molecule has 0 radical (unpaired) electrons. The van der Waals surface area contributed by atoms with Crippen LogP contribution in [0.2, 0.25) is 0 Å². The number of hydrogen-bond acceptors (Lipinski definition) is 3. The van der Waals surface area contributed by atoms with Crippen molar-refractivity contribution in [3.8, 4) is 0 Å². The molecule has 0 atom stereocenters. The van der Waals surface area contributed by atoms with Gasteiger partial charge >= 0.3 is 6.09 Å². The first-order valence-electron chi connectivity index (χ1n) is 13.7. The summed E-state index contributed by atoms with van der Waals surface area (Å²) in [5, 5.41) is 0. The van der Waals surface area contributed by atoms with Crippen molar-refractivity contribution in [2.75, 3.05) is 31.1 Å². The number of ketones is 1. The van der Waals surface area contributed by atoms with Crippen LogP contribution in [0.5, 0.6) is 0 Å². The van der Waals surface area contributed by atoms with Crippen LogP contribution in [0.4, 0.5) is 10.5 Å². The number of rotatable bonds is 10. The van der Waals surface area contributed by atoms with Gasteiger partial charge in [0.2, 0.25) is 0 Å². The summed E-state index contributed by atoms with van der Waals surface area (Å²) in [5.74, 6) is 0.288. The van der Waals surface area contributed by atoms with Gasteiger partial charge in [0.1, 0.15) is 18.7 Å². The van der Waals surface area contributed by atoms with Gasteiger partial charge < -0.3 is 9.22 Å². The van der Waals surface area contributed by atoms with Crippen molar-refractivity contribution in [3.05, 3.63) is 65.7 Å². The minimum Gasteiger partial charge on any atom is -0.443 e. The van der Waals surface area contributed by atoms with Crippen LogP contribution in [-0.4, -0.2) is 48.1 Å². The minimum absolute atomic E-state index is 0.288. The van der Waals surface area contributed by atoms with Crippen LogP contribution in [0.25, 0.3) is 0 Å². The highest BCUT2D eigenvalue weighted by Gasteiger charge is 2.31. The van der Waals surface area contributed by atoms with E-state index in [1.807, 2.05) is 45.0 Å². The standard InChI is InChI=1S/C31H45N2O3/c1-5-6-20-32(30(35)36-31(2,3)4)28-18-16-26(17-19-28)23-29(34)25-33(21-12-7-8-13-22-33)24-27-14-10-9-11-15-27/h9-11,14-19H,5-8,12-13,20-25H2,1-4H3/q+1. The Balaban J connectivity index is 1.69. The summed E-state index contributed by atoms with van der Waals surface area (Å²) >= 11 is 0. The van der Waals surface area contributed by atoms with E-state index in [4.69, 9.17) is 4.74 Å². The smallest absolute Gasteiger partial charge is 0.414 e. The van der Waals surface area contributed by atoms with Gasteiger partial charge in [-0.05, 0) is 70.6 Å². The number of amides is 1. The lowest BCUT2D eigenvalue weighted by Crippen LogP contribution is -2.51. The van der Waals surface area contributed by atoms with Crippen LogP contribution in [0.1, 0.15) is 77.3 Å². The van der Waals surface area contributed by atoms with E-state index in [9.17, 15) is 9.59 Å². The number of carbonyl (C=O) groups is 2. The first-order valence-corrected chi connectivity index (χ1v) is 13.7. The first kappa shape index (κ1) is 27.9. The molecule has 196 valence electrons. The number of quaternary nitrogens is 1. The summed E-state index contributed by atoms with van der Waals surface area (Å²) in [6, 6.07) is 18.5. The molecule has 0 N–H and O–H groups in total. The fraction of sp³-hybridized carbons (Fsp3) is 0.548. The van der Waals surface area contributed by atoms with E-state index in [1.54, 1.807) is 4.90 Å². The van der Waals surface area contributed by atoms with Crippen LogP contribution < -0.4 is 4.90 Å². The third-order valence-corrected chi connectivity index (χ3v) is 6.89. The number of carbonyl (C=O) groups excluding carboxylic acids is 2. The van der Waals surface area contributed by atoms with Gasteiger partial charge in [-0.3, -0.25) is 9.69 Å². The Morgan fingerprint density at radius 2 is 1.53 bits per heavy atom. The molecule has 1 aliphatic rings. The van der Waals surface area contributed by atoms with Gasteiger partial charge in [0.25, 0.3) is 0 Å². The van der Waals surface area contributed by atoms with Gasteiger partial charge in [0, 0.05) is 24.2 Å². The van der Waals surface area contributed by atoms with Crippen molar-refractivity contribution in [1.82, 2.24) is 0 Å². The molecule has 1 saturated heterocycles. The molecule has 2 aromatic carbocycles. The normalized spacial score (nSPS) is 15.7. The molecule has 2 aromatic rings. The van der Waals surface area contributed by atoms with Gasteiger partial charge in [0.15, 0.2) is 5.78 Å². The molecule has 36 heavy (non-hydrogen) atoms. The van der Waals surface area contributed by atoms with Gasteiger partial charge in [-0.1, -0.05) is 55.8 Å². The monoisotopic (exact) mass is 493 g/mol. The van der Waals surface area contributed by atoms with Crippen LogP contribution in [0.3, 0.4) is 0 Å². The van der Waals surface area contributed by atoms with Gasteiger partial charge in [-0.15, -0.1) is 0 Å². The SMILES string of the molecule is CCCCN(C(=O)OC(C)(C)C)c1ccc(CC(=O)C[N+]2(Cc3ccccc3)CCCCCC2)cc1. The molecule has 0 saturated carbocycles. The molecule has 0 bridgehead atoms. The molecule has 5 heteroatoms. The lowest BCUT2D eigenvalue weighted by atomic mass is 10.1. The second-order valence-corrected chi connectivity index (χ2v) is 11.4. The largest absolute Gasteiger partial charge is 0.443 e. The summed E-state index contributed by atoms with van der Waals surface area (Å²) < 4.78 is 6.50. The van der Waals surface area contributed by atoms with Crippen molar-refractivity contribution in [2.45, 2.75) is 84.8 Å². The van der Waals surface area contributed by atoms with Crippen molar-refractivity contribution >= 4 is 17.6 Å². The Bertz CT molecular complexity index is 956. The Labute approximate surface area is 218 Å². The molecular weight excluding hydrogens is 448 g/mol. The Morgan fingerprint density at radius 3 is 2.11 bits per heavy atom. The Morgan fingerprint density at radius 1 is 0.889 bits per heavy atom. The molecule has 1 aliphatic heterocycles. The number of hydrogen-bond donors (Lipinski definition) is 0.